The number of rotatable bonds is 2. The molecule has 0 N–H and O–H groups in total. The molecule has 1 aliphatic rings. The molecule has 0 radical (unpaired) electrons. The third kappa shape index (κ3) is 3.72. The lowest BCUT2D eigenvalue weighted by Crippen LogP contribution is -2.53. The standard InChI is InChI=1S/C14H25NO3/c1-6-12(16)15-10(2)8-7-9-11(15)13(17)18-14(3,4)5/h10-11H,6-9H2,1-5H3. The Balaban J connectivity index is 2.82. The molecule has 2 atom stereocenters. The summed E-state index contributed by atoms with van der Waals surface area (Å²) in [6.45, 7) is 9.38. The summed E-state index contributed by atoms with van der Waals surface area (Å²) in [5, 5.41) is 0. The number of likely N-dealkylation sites (tertiary alicyclic amines) is 1. The van der Waals surface area contributed by atoms with Crippen LogP contribution in [0.5, 0.6) is 0 Å². The van der Waals surface area contributed by atoms with E-state index in [1.807, 2.05) is 34.6 Å². The molecule has 0 aromatic carbocycles. The number of ether oxygens (including phenoxy) is 1. The zero-order chi connectivity index (χ0) is 13.9. The van der Waals surface area contributed by atoms with Gasteiger partial charge in [0.1, 0.15) is 11.6 Å². The molecule has 1 rings (SSSR count). The first-order chi connectivity index (χ1) is 8.26. The van der Waals surface area contributed by atoms with Crippen molar-refractivity contribution in [1.82, 2.24) is 4.90 Å². The van der Waals surface area contributed by atoms with Gasteiger partial charge in [-0.3, -0.25) is 4.79 Å². The summed E-state index contributed by atoms with van der Waals surface area (Å²) in [6.07, 6.45) is 3.08. The summed E-state index contributed by atoms with van der Waals surface area (Å²) in [7, 11) is 0. The van der Waals surface area contributed by atoms with E-state index < -0.39 is 11.6 Å². The van der Waals surface area contributed by atoms with Gasteiger partial charge in [0.15, 0.2) is 0 Å². The minimum atomic E-state index is -0.501. The van der Waals surface area contributed by atoms with Crippen LogP contribution in [0.2, 0.25) is 0 Å². The van der Waals surface area contributed by atoms with Crippen LogP contribution in [0.15, 0.2) is 0 Å². The van der Waals surface area contributed by atoms with Gasteiger partial charge in [-0.05, 0) is 47.0 Å². The van der Waals surface area contributed by atoms with E-state index in [0.29, 0.717) is 12.8 Å². The van der Waals surface area contributed by atoms with Gasteiger partial charge >= 0.3 is 5.97 Å². The lowest BCUT2D eigenvalue weighted by molar-refractivity contribution is -0.168. The summed E-state index contributed by atoms with van der Waals surface area (Å²) in [6, 6.07) is -0.274. The van der Waals surface area contributed by atoms with Gasteiger partial charge in [-0.1, -0.05) is 6.92 Å². The molecule has 1 amide bonds. The minimum absolute atomic E-state index is 0.0399. The van der Waals surface area contributed by atoms with Crippen molar-refractivity contribution >= 4 is 11.9 Å². The number of amides is 1. The van der Waals surface area contributed by atoms with Gasteiger partial charge in [0.25, 0.3) is 0 Å². The maximum atomic E-state index is 12.2. The Morgan fingerprint density at radius 2 is 1.89 bits per heavy atom. The van der Waals surface area contributed by atoms with Crippen molar-refractivity contribution in [3.8, 4) is 0 Å². The predicted octanol–water partition coefficient (Wildman–Crippen LogP) is 2.51. The zero-order valence-corrected chi connectivity index (χ0v) is 12.2. The molecule has 0 aliphatic carbocycles. The van der Waals surface area contributed by atoms with E-state index in [0.717, 1.165) is 12.8 Å². The topological polar surface area (TPSA) is 46.6 Å². The van der Waals surface area contributed by atoms with E-state index in [2.05, 4.69) is 0 Å². The number of esters is 1. The molecule has 4 heteroatoms. The van der Waals surface area contributed by atoms with Gasteiger partial charge < -0.3 is 9.64 Å². The Labute approximate surface area is 110 Å². The maximum Gasteiger partial charge on any atom is 0.329 e. The van der Waals surface area contributed by atoms with Crippen molar-refractivity contribution in [2.24, 2.45) is 0 Å². The van der Waals surface area contributed by atoms with E-state index in [9.17, 15) is 9.59 Å². The van der Waals surface area contributed by atoms with Crippen molar-refractivity contribution in [2.75, 3.05) is 0 Å². The van der Waals surface area contributed by atoms with E-state index >= 15 is 0 Å². The van der Waals surface area contributed by atoms with Gasteiger partial charge in [0.05, 0.1) is 0 Å². The van der Waals surface area contributed by atoms with Crippen LogP contribution >= 0.6 is 0 Å². The van der Waals surface area contributed by atoms with Crippen LogP contribution < -0.4 is 0 Å². The second-order valence-corrected chi connectivity index (χ2v) is 5.98. The first-order valence-electron chi connectivity index (χ1n) is 6.80. The summed E-state index contributed by atoms with van der Waals surface area (Å²) in [5.74, 6) is -0.228. The third-order valence-electron chi connectivity index (χ3n) is 3.18. The van der Waals surface area contributed by atoms with Gasteiger partial charge in [-0.25, -0.2) is 4.79 Å². The fourth-order valence-electron chi connectivity index (χ4n) is 2.40. The van der Waals surface area contributed by atoms with Gasteiger partial charge in [-0.15, -0.1) is 0 Å². The maximum absolute atomic E-state index is 12.2. The Morgan fingerprint density at radius 1 is 1.28 bits per heavy atom. The van der Waals surface area contributed by atoms with Crippen LogP contribution in [-0.4, -0.2) is 34.5 Å². The van der Waals surface area contributed by atoms with E-state index in [1.54, 1.807) is 4.90 Å². The van der Waals surface area contributed by atoms with E-state index in [4.69, 9.17) is 4.74 Å². The summed E-state index contributed by atoms with van der Waals surface area (Å²) >= 11 is 0. The average Bonchev–Trinajstić information content (AvgIpc) is 2.25. The lowest BCUT2D eigenvalue weighted by Gasteiger charge is -2.40. The molecule has 1 saturated heterocycles. The molecule has 0 saturated carbocycles. The fourth-order valence-corrected chi connectivity index (χ4v) is 2.40. The van der Waals surface area contributed by atoms with Crippen molar-refractivity contribution in [2.45, 2.75) is 78.0 Å². The van der Waals surface area contributed by atoms with Crippen LogP contribution in [0.3, 0.4) is 0 Å². The molecule has 0 spiro atoms. The lowest BCUT2D eigenvalue weighted by atomic mass is 9.95. The normalized spacial score (nSPS) is 24.8. The number of hydrogen-bond donors (Lipinski definition) is 0. The smallest absolute Gasteiger partial charge is 0.329 e. The Bertz CT molecular complexity index is 319. The first kappa shape index (κ1) is 15.0. The van der Waals surface area contributed by atoms with Crippen LogP contribution in [0.25, 0.3) is 0 Å². The van der Waals surface area contributed by atoms with Crippen molar-refractivity contribution in [3.05, 3.63) is 0 Å². The third-order valence-corrected chi connectivity index (χ3v) is 3.18. The summed E-state index contributed by atoms with van der Waals surface area (Å²) in [5.41, 5.74) is -0.501. The predicted molar refractivity (Wildman–Crippen MR) is 70.1 cm³/mol. The average molecular weight is 255 g/mol. The highest BCUT2D eigenvalue weighted by atomic mass is 16.6. The first-order valence-corrected chi connectivity index (χ1v) is 6.80. The highest BCUT2D eigenvalue weighted by Crippen LogP contribution is 2.25. The molecule has 104 valence electrons. The quantitative estimate of drug-likeness (QED) is 0.712. The number of hydrogen-bond acceptors (Lipinski definition) is 3. The molecule has 1 heterocycles. The monoisotopic (exact) mass is 255 g/mol. The zero-order valence-electron chi connectivity index (χ0n) is 12.2. The van der Waals surface area contributed by atoms with E-state index in [-0.39, 0.29) is 17.9 Å². The molecule has 0 aromatic rings. The fraction of sp³-hybridized carbons (Fsp3) is 0.857. The molecule has 0 aromatic heterocycles. The van der Waals surface area contributed by atoms with Gasteiger partial charge in [-0.2, -0.15) is 0 Å². The number of piperidine rings is 1. The molecule has 4 nitrogen and oxygen atoms in total. The number of carbonyl (C=O) groups is 2. The van der Waals surface area contributed by atoms with Crippen LogP contribution in [-0.2, 0) is 14.3 Å². The van der Waals surface area contributed by atoms with Gasteiger partial charge in [0.2, 0.25) is 5.91 Å². The molecule has 1 fully saturated rings. The SMILES string of the molecule is CCC(=O)N1C(C)CCCC1C(=O)OC(C)(C)C. The highest BCUT2D eigenvalue weighted by molar-refractivity contribution is 5.85. The molecule has 0 bridgehead atoms. The van der Waals surface area contributed by atoms with Gasteiger partial charge in [0, 0.05) is 12.5 Å². The molecular weight excluding hydrogens is 230 g/mol. The molecular formula is C14H25NO3. The second kappa shape index (κ2) is 5.72. The molecule has 2 unspecified atom stereocenters. The number of carbonyl (C=O) groups excluding carboxylic acids is 2. The van der Waals surface area contributed by atoms with Crippen molar-refractivity contribution < 1.29 is 14.3 Å². The highest BCUT2D eigenvalue weighted by Gasteiger charge is 2.37. The second-order valence-electron chi connectivity index (χ2n) is 5.98. The van der Waals surface area contributed by atoms with E-state index in [1.165, 1.54) is 0 Å². The van der Waals surface area contributed by atoms with Crippen LogP contribution in [0, 0.1) is 0 Å². The largest absolute Gasteiger partial charge is 0.458 e. The Hall–Kier alpha value is -1.06. The Morgan fingerprint density at radius 3 is 2.39 bits per heavy atom. The Kier molecular flexibility index (Phi) is 4.77. The molecule has 18 heavy (non-hydrogen) atoms. The van der Waals surface area contributed by atoms with Crippen molar-refractivity contribution in [3.63, 3.8) is 0 Å². The summed E-state index contributed by atoms with van der Waals surface area (Å²) < 4.78 is 5.42. The summed E-state index contributed by atoms with van der Waals surface area (Å²) in [4.78, 5) is 25.9. The van der Waals surface area contributed by atoms with Crippen molar-refractivity contribution in [1.29, 1.82) is 0 Å². The molecule has 1 aliphatic heterocycles. The van der Waals surface area contributed by atoms with Crippen LogP contribution in [0.1, 0.15) is 60.3 Å². The minimum Gasteiger partial charge on any atom is -0.458 e. The van der Waals surface area contributed by atoms with Crippen LogP contribution in [0.4, 0.5) is 0 Å². The number of nitrogens with zero attached hydrogens (tertiary/aromatic N) is 1.